The van der Waals surface area contributed by atoms with Crippen LogP contribution >= 0.6 is 11.6 Å². The lowest BCUT2D eigenvalue weighted by atomic mass is 10.3. The number of hydrogen-bond donors (Lipinski definition) is 0. The highest BCUT2D eigenvalue weighted by Gasteiger charge is 2.10. The van der Waals surface area contributed by atoms with E-state index in [9.17, 15) is 0 Å². The minimum absolute atomic E-state index is 0.550. The van der Waals surface area contributed by atoms with Crippen LogP contribution in [0.15, 0.2) is 12.1 Å². The minimum atomic E-state index is 0.550. The van der Waals surface area contributed by atoms with Crippen molar-refractivity contribution in [3.63, 3.8) is 0 Å². The van der Waals surface area contributed by atoms with Gasteiger partial charge in [0, 0.05) is 12.1 Å². The smallest absolute Gasteiger partial charge is 0.162 e. The van der Waals surface area contributed by atoms with Crippen LogP contribution in [-0.4, -0.2) is 13.2 Å². The van der Waals surface area contributed by atoms with Crippen LogP contribution in [0.4, 0.5) is 0 Å². The lowest BCUT2D eigenvalue weighted by Gasteiger charge is -2.17. The second kappa shape index (κ2) is 2.62. The molecule has 0 atom stereocenters. The molecule has 0 fully saturated rings. The van der Waals surface area contributed by atoms with Crippen LogP contribution in [0.3, 0.4) is 0 Å². The maximum Gasteiger partial charge on any atom is 0.162 e. The lowest BCUT2D eigenvalue weighted by molar-refractivity contribution is 0.171. The highest BCUT2D eigenvalue weighted by molar-refractivity contribution is 6.30. The topological polar surface area (TPSA) is 18.5 Å². The first kappa shape index (κ1) is 6.80. The molecule has 1 radical (unpaired) electrons. The Morgan fingerprint density at radius 1 is 1.27 bits per heavy atom. The quantitative estimate of drug-likeness (QED) is 0.591. The van der Waals surface area contributed by atoms with Gasteiger partial charge < -0.3 is 9.47 Å². The Balaban J connectivity index is 2.43. The van der Waals surface area contributed by atoms with Gasteiger partial charge in [0.15, 0.2) is 11.5 Å². The Hall–Kier alpha value is -0.890. The molecule has 0 amide bonds. The summed E-state index contributed by atoms with van der Waals surface area (Å²) in [6.07, 6.45) is 0. The van der Waals surface area contributed by atoms with Gasteiger partial charge in [-0.15, -0.1) is 0 Å². The fourth-order valence-corrected chi connectivity index (χ4v) is 1.12. The number of fused-ring (bicyclic) bond motifs is 1. The highest BCUT2D eigenvalue weighted by Crippen LogP contribution is 2.31. The summed E-state index contributed by atoms with van der Waals surface area (Å²) in [6.45, 7) is 1.19. The molecule has 0 unspecified atom stereocenters. The van der Waals surface area contributed by atoms with Crippen LogP contribution in [0.5, 0.6) is 11.5 Å². The van der Waals surface area contributed by atoms with Gasteiger partial charge in [0.25, 0.3) is 0 Å². The number of hydrogen-bond acceptors (Lipinski definition) is 2. The van der Waals surface area contributed by atoms with Crippen molar-refractivity contribution in [2.24, 2.45) is 0 Å². The molecule has 2 rings (SSSR count). The van der Waals surface area contributed by atoms with Crippen molar-refractivity contribution < 1.29 is 9.47 Å². The van der Waals surface area contributed by atoms with Crippen molar-refractivity contribution in [2.45, 2.75) is 0 Å². The number of ether oxygens (including phenoxy) is 2. The van der Waals surface area contributed by atoms with Crippen molar-refractivity contribution in [3.05, 3.63) is 23.2 Å². The number of halogens is 1. The molecule has 0 saturated carbocycles. The summed E-state index contributed by atoms with van der Waals surface area (Å²) in [5.74, 6) is 1.43. The first-order valence-electron chi connectivity index (χ1n) is 3.33. The maximum absolute atomic E-state index is 5.69. The Kier molecular flexibility index (Phi) is 1.62. The largest absolute Gasteiger partial charge is 0.486 e. The van der Waals surface area contributed by atoms with Gasteiger partial charge in [-0.05, 0) is 6.07 Å². The van der Waals surface area contributed by atoms with Crippen LogP contribution < -0.4 is 9.47 Å². The molecule has 0 aliphatic carbocycles. The fourth-order valence-electron chi connectivity index (χ4n) is 0.962. The molecule has 1 aromatic rings. The highest BCUT2D eigenvalue weighted by atomic mass is 35.5. The van der Waals surface area contributed by atoms with Gasteiger partial charge in [0.2, 0.25) is 0 Å². The Labute approximate surface area is 69.7 Å². The molecule has 57 valence electrons. The van der Waals surface area contributed by atoms with Crippen LogP contribution in [-0.2, 0) is 0 Å². The first-order valence-corrected chi connectivity index (χ1v) is 3.71. The van der Waals surface area contributed by atoms with E-state index in [1.807, 2.05) is 0 Å². The van der Waals surface area contributed by atoms with E-state index in [-0.39, 0.29) is 0 Å². The van der Waals surface area contributed by atoms with Gasteiger partial charge in [-0.3, -0.25) is 0 Å². The van der Waals surface area contributed by atoms with Gasteiger partial charge in [0.1, 0.15) is 13.2 Å². The van der Waals surface area contributed by atoms with E-state index in [4.69, 9.17) is 21.1 Å². The summed E-state index contributed by atoms with van der Waals surface area (Å²) >= 11 is 5.69. The van der Waals surface area contributed by atoms with E-state index >= 15 is 0 Å². The molecular formula is C8H6ClO2. The van der Waals surface area contributed by atoms with Crippen molar-refractivity contribution in [1.29, 1.82) is 0 Å². The summed E-state index contributed by atoms with van der Waals surface area (Å²) in [5.41, 5.74) is 0. The third kappa shape index (κ3) is 1.26. The SMILES string of the molecule is Clc1[c]cc2c(c1)OCCO2. The molecule has 1 aliphatic heterocycles. The molecule has 0 aromatic heterocycles. The van der Waals surface area contributed by atoms with E-state index in [0.29, 0.717) is 24.0 Å². The van der Waals surface area contributed by atoms with Crippen LogP contribution in [0.1, 0.15) is 0 Å². The van der Waals surface area contributed by atoms with Gasteiger partial charge in [-0.2, -0.15) is 0 Å². The zero-order valence-electron chi connectivity index (χ0n) is 5.76. The molecule has 0 saturated heterocycles. The normalized spacial score (nSPS) is 14.6. The molecule has 3 heteroatoms. The van der Waals surface area contributed by atoms with Gasteiger partial charge >= 0.3 is 0 Å². The third-order valence-electron chi connectivity index (χ3n) is 1.44. The third-order valence-corrected chi connectivity index (χ3v) is 1.66. The van der Waals surface area contributed by atoms with E-state index < -0.39 is 0 Å². The summed E-state index contributed by atoms with van der Waals surface area (Å²) in [6, 6.07) is 6.22. The summed E-state index contributed by atoms with van der Waals surface area (Å²) < 4.78 is 10.5. The Morgan fingerprint density at radius 3 is 2.82 bits per heavy atom. The summed E-state index contributed by atoms with van der Waals surface area (Å²) in [7, 11) is 0. The number of rotatable bonds is 0. The predicted octanol–water partition coefficient (Wildman–Crippen LogP) is 1.91. The molecule has 2 nitrogen and oxygen atoms in total. The van der Waals surface area contributed by atoms with Crippen molar-refractivity contribution in [2.75, 3.05) is 13.2 Å². The van der Waals surface area contributed by atoms with Gasteiger partial charge in [-0.25, -0.2) is 0 Å². The van der Waals surface area contributed by atoms with Crippen LogP contribution in [0.25, 0.3) is 0 Å². The molecule has 1 aromatic carbocycles. The zero-order valence-corrected chi connectivity index (χ0v) is 6.52. The fraction of sp³-hybridized carbons (Fsp3) is 0.250. The monoisotopic (exact) mass is 169 g/mol. The Morgan fingerprint density at radius 2 is 2.00 bits per heavy atom. The van der Waals surface area contributed by atoms with Crippen LogP contribution in [0.2, 0.25) is 5.02 Å². The molecule has 1 heterocycles. The standard InChI is InChI=1S/C8H6ClO2/c9-6-1-2-7-8(5-6)11-4-3-10-7/h2,5H,3-4H2. The molecule has 0 N–H and O–H groups in total. The maximum atomic E-state index is 5.69. The van der Waals surface area contributed by atoms with Crippen molar-refractivity contribution in [1.82, 2.24) is 0 Å². The molecule has 0 bridgehead atoms. The predicted molar refractivity (Wildman–Crippen MR) is 41.3 cm³/mol. The van der Waals surface area contributed by atoms with E-state index in [1.165, 1.54) is 0 Å². The minimum Gasteiger partial charge on any atom is -0.486 e. The summed E-state index contributed by atoms with van der Waals surface area (Å²) in [5, 5.41) is 0.550. The number of benzene rings is 1. The van der Waals surface area contributed by atoms with E-state index in [2.05, 4.69) is 6.07 Å². The molecular weight excluding hydrogens is 164 g/mol. The van der Waals surface area contributed by atoms with Gasteiger partial charge in [0.05, 0.1) is 5.02 Å². The second-order valence-electron chi connectivity index (χ2n) is 2.21. The molecule has 1 aliphatic rings. The van der Waals surface area contributed by atoms with Gasteiger partial charge in [-0.1, -0.05) is 11.6 Å². The average Bonchev–Trinajstić information content (AvgIpc) is 2.04. The van der Waals surface area contributed by atoms with E-state index in [0.717, 1.165) is 5.75 Å². The van der Waals surface area contributed by atoms with Crippen LogP contribution in [0, 0.1) is 6.07 Å². The Bertz CT molecular complexity index is 273. The second-order valence-corrected chi connectivity index (χ2v) is 2.61. The lowest BCUT2D eigenvalue weighted by Crippen LogP contribution is -2.15. The average molecular weight is 170 g/mol. The summed E-state index contributed by atoms with van der Waals surface area (Å²) in [4.78, 5) is 0. The molecule has 11 heavy (non-hydrogen) atoms. The zero-order chi connectivity index (χ0) is 7.68. The molecule has 0 spiro atoms. The van der Waals surface area contributed by atoms with Crippen molar-refractivity contribution >= 4 is 11.6 Å². The first-order chi connectivity index (χ1) is 5.36. The van der Waals surface area contributed by atoms with Crippen molar-refractivity contribution in [3.8, 4) is 11.5 Å². The van der Waals surface area contributed by atoms with E-state index in [1.54, 1.807) is 12.1 Å².